The number of hydrogen-bond acceptors (Lipinski definition) is 3. The molecule has 0 aliphatic heterocycles. The number of rotatable bonds is 2. The first kappa shape index (κ1) is 11.7. The summed E-state index contributed by atoms with van der Waals surface area (Å²) in [6.07, 6.45) is 3.02. The van der Waals surface area contributed by atoms with Gasteiger partial charge >= 0.3 is 0 Å². The summed E-state index contributed by atoms with van der Waals surface area (Å²) in [6.45, 7) is 0. The van der Waals surface area contributed by atoms with E-state index < -0.39 is 0 Å². The van der Waals surface area contributed by atoms with Gasteiger partial charge in [-0.05, 0) is 18.2 Å². The summed E-state index contributed by atoms with van der Waals surface area (Å²) >= 11 is 5.99. The van der Waals surface area contributed by atoms with Crippen LogP contribution in [-0.2, 0) is 0 Å². The van der Waals surface area contributed by atoms with Crippen molar-refractivity contribution in [1.82, 2.24) is 15.0 Å². The highest BCUT2D eigenvalue weighted by Gasteiger charge is 2.10. The van der Waals surface area contributed by atoms with Crippen molar-refractivity contribution in [2.24, 2.45) is 0 Å². The topological polar surface area (TPSA) is 70.7 Å². The molecule has 2 N–H and O–H groups in total. The molecule has 0 aliphatic carbocycles. The maximum Gasteiger partial charge on any atom is 0.257 e. The molecular formula is C13H9ClN4O. The number of benzene rings is 1. The predicted octanol–water partition coefficient (Wildman–Crippen LogP) is 2.86. The van der Waals surface area contributed by atoms with E-state index in [0.717, 1.165) is 0 Å². The van der Waals surface area contributed by atoms with Gasteiger partial charge in [-0.2, -0.15) is 0 Å². The Hall–Kier alpha value is -2.40. The van der Waals surface area contributed by atoms with Gasteiger partial charge in [0.15, 0.2) is 5.65 Å². The molecule has 1 amide bonds. The number of halogens is 1. The maximum absolute atomic E-state index is 12.1. The van der Waals surface area contributed by atoms with E-state index in [4.69, 9.17) is 11.6 Å². The number of nitrogens with zero attached hydrogens (tertiary/aromatic N) is 2. The zero-order chi connectivity index (χ0) is 13.2. The molecule has 2 aromatic heterocycles. The van der Waals surface area contributed by atoms with Gasteiger partial charge in [0.1, 0.15) is 0 Å². The Kier molecular flexibility index (Phi) is 2.89. The molecule has 6 heteroatoms. The average Bonchev–Trinajstić information content (AvgIpc) is 2.88. The molecule has 0 bridgehead atoms. The first-order valence-electron chi connectivity index (χ1n) is 5.59. The lowest BCUT2D eigenvalue weighted by atomic mass is 10.2. The second-order valence-electron chi connectivity index (χ2n) is 3.93. The van der Waals surface area contributed by atoms with Crippen LogP contribution < -0.4 is 5.32 Å². The van der Waals surface area contributed by atoms with Gasteiger partial charge in [0.25, 0.3) is 5.91 Å². The number of carbonyl (C=O) groups excluding carboxylic acids is 1. The Morgan fingerprint density at radius 2 is 2.11 bits per heavy atom. The maximum atomic E-state index is 12.1. The second kappa shape index (κ2) is 4.70. The Morgan fingerprint density at radius 1 is 1.26 bits per heavy atom. The highest BCUT2D eigenvalue weighted by atomic mass is 35.5. The van der Waals surface area contributed by atoms with Crippen LogP contribution in [-0.4, -0.2) is 20.9 Å². The Balaban J connectivity index is 1.89. The molecule has 5 nitrogen and oxygen atoms in total. The quantitative estimate of drug-likeness (QED) is 0.753. The largest absolute Gasteiger partial charge is 0.343 e. The van der Waals surface area contributed by atoms with E-state index in [1.165, 1.54) is 12.5 Å². The zero-order valence-corrected chi connectivity index (χ0v) is 10.5. The van der Waals surface area contributed by atoms with Crippen LogP contribution in [0.2, 0.25) is 5.02 Å². The number of pyridine rings is 1. The molecule has 0 radical (unpaired) electrons. The van der Waals surface area contributed by atoms with E-state index >= 15 is 0 Å². The van der Waals surface area contributed by atoms with Crippen molar-refractivity contribution in [1.29, 1.82) is 0 Å². The number of aromatic nitrogens is 3. The number of amides is 1. The Morgan fingerprint density at radius 3 is 2.95 bits per heavy atom. The molecule has 19 heavy (non-hydrogen) atoms. The van der Waals surface area contributed by atoms with Crippen molar-refractivity contribution in [2.45, 2.75) is 0 Å². The predicted molar refractivity (Wildman–Crippen MR) is 73.3 cm³/mol. The minimum absolute atomic E-state index is 0.267. The van der Waals surface area contributed by atoms with E-state index in [2.05, 4.69) is 20.3 Å². The van der Waals surface area contributed by atoms with Crippen LogP contribution in [0.4, 0.5) is 5.69 Å². The average molecular weight is 273 g/mol. The zero-order valence-electron chi connectivity index (χ0n) is 9.72. The van der Waals surface area contributed by atoms with E-state index in [9.17, 15) is 4.79 Å². The molecule has 0 unspecified atom stereocenters. The minimum Gasteiger partial charge on any atom is -0.343 e. The molecule has 94 valence electrons. The molecule has 3 aromatic rings. The van der Waals surface area contributed by atoms with Crippen LogP contribution in [0.5, 0.6) is 0 Å². The summed E-state index contributed by atoms with van der Waals surface area (Å²) in [5, 5.41) is 3.23. The number of H-pyrrole nitrogens is 1. The van der Waals surface area contributed by atoms with E-state index in [0.29, 0.717) is 27.4 Å². The van der Waals surface area contributed by atoms with Crippen LogP contribution in [0.25, 0.3) is 11.2 Å². The molecule has 0 aliphatic rings. The van der Waals surface area contributed by atoms with E-state index in [1.54, 1.807) is 30.3 Å². The molecule has 3 rings (SSSR count). The fourth-order valence-electron chi connectivity index (χ4n) is 1.71. The van der Waals surface area contributed by atoms with Gasteiger partial charge in [-0.1, -0.05) is 23.7 Å². The highest BCUT2D eigenvalue weighted by molar-refractivity contribution is 6.33. The third-order valence-electron chi connectivity index (χ3n) is 2.66. The highest BCUT2D eigenvalue weighted by Crippen LogP contribution is 2.21. The smallest absolute Gasteiger partial charge is 0.257 e. The van der Waals surface area contributed by atoms with Gasteiger partial charge in [0.2, 0.25) is 0 Å². The van der Waals surface area contributed by atoms with Gasteiger partial charge in [-0.15, -0.1) is 0 Å². The minimum atomic E-state index is -0.267. The van der Waals surface area contributed by atoms with E-state index in [1.807, 2.05) is 0 Å². The number of nitrogens with one attached hydrogen (secondary N) is 2. The van der Waals surface area contributed by atoms with Crippen molar-refractivity contribution >= 4 is 34.4 Å². The number of aromatic amines is 1. The number of para-hydroxylation sites is 1. The van der Waals surface area contributed by atoms with Gasteiger partial charge in [0.05, 0.1) is 28.1 Å². The SMILES string of the molecule is O=C(Nc1ccccc1Cl)c1cnc2nc[nH]c2c1. The summed E-state index contributed by atoms with van der Waals surface area (Å²) in [7, 11) is 0. The Bertz CT molecular complexity index is 753. The summed E-state index contributed by atoms with van der Waals surface area (Å²) in [5.74, 6) is -0.267. The molecule has 2 heterocycles. The van der Waals surface area contributed by atoms with Crippen LogP contribution in [0.3, 0.4) is 0 Å². The fourth-order valence-corrected chi connectivity index (χ4v) is 1.89. The summed E-state index contributed by atoms with van der Waals surface area (Å²) < 4.78 is 0. The first-order chi connectivity index (χ1) is 9.24. The number of fused-ring (bicyclic) bond motifs is 1. The third-order valence-corrected chi connectivity index (χ3v) is 2.99. The third kappa shape index (κ3) is 2.28. The number of anilines is 1. The van der Waals surface area contributed by atoms with Crippen molar-refractivity contribution in [3.8, 4) is 0 Å². The molecule has 0 saturated heterocycles. The summed E-state index contributed by atoms with van der Waals surface area (Å²) in [6, 6.07) is 8.76. The molecule has 0 fully saturated rings. The number of carbonyl (C=O) groups is 1. The summed E-state index contributed by atoms with van der Waals surface area (Å²) in [5.41, 5.74) is 2.30. The van der Waals surface area contributed by atoms with Crippen LogP contribution >= 0.6 is 11.6 Å². The summed E-state index contributed by atoms with van der Waals surface area (Å²) in [4.78, 5) is 23.1. The van der Waals surface area contributed by atoms with Crippen molar-refractivity contribution in [3.05, 3.63) is 53.4 Å². The molecular weight excluding hydrogens is 264 g/mol. The standard InChI is InChI=1S/C13H9ClN4O/c14-9-3-1-2-4-10(9)18-13(19)8-5-11-12(15-6-8)17-7-16-11/h1-7H,(H,18,19)(H,15,16,17). The van der Waals surface area contributed by atoms with Crippen LogP contribution in [0.15, 0.2) is 42.9 Å². The van der Waals surface area contributed by atoms with Gasteiger partial charge in [-0.25, -0.2) is 9.97 Å². The van der Waals surface area contributed by atoms with Gasteiger partial charge < -0.3 is 10.3 Å². The second-order valence-corrected chi connectivity index (χ2v) is 4.34. The van der Waals surface area contributed by atoms with E-state index in [-0.39, 0.29) is 5.91 Å². The number of hydrogen-bond donors (Lipinski definition) is 2. The molecule has 1 aromatic carbocycles. The van der Waals surface area contributed by atoms with Crippen LogP contribution in [0, 0.1) is 0 Å². The lowest BCUT2D eigenvalue weighted by Crippen LogP contribution is -2.12. The van der Waals surface area contributed by atoms with Gasteiger partial charge in [-0.3, -0.25) is 4.79 Å². The molecule has 0 atom stereocenters. The van der Waals surface area contributed by atoms with Crippen molar-refractivity contribution in [3.63, 3.8) is 0 Å². The van der Waals surface area contributed by atoms with Crippen molar-refractivity contribution < 1.29 is 4.79 Å². The van der Waals surface area contributed by atoms with Crippen LogP contribution in [0.1, 0.15) is 10.4 Å². The fraction of sp³-hybridized carbons (Fsp3) is 0. The molecule has 0 spiro atoms. The lowest BCUT2D eigenvalue weighted by molar-refractivity contribution is 0.102. The number of imidazole rings is 1. The molecule has 0 saturated carbocycles. The first-order valence-corrected chi connectivity index (χ1v) is 5.97. The van der Waals surface area contributed by atoms with Crippen molar-refractivity contribution in [2.75, 3.05) is 5.32 Å². The lowest BCUT2D eigenvalue weighted by Gasteiger charge is -2.06. The monoisotopic (exact) mass is 272 g/mol. The normalized spacial score (nSPS) is 10.6. The van der Waals surface area contributed by atoms with Gasteiger partial charge in [0, 0.05) is 6.20 Å². The Labute approximate surface area is 113 Å².